The van der Waals surface area contributed by atoms with Gasteiger partial charge in [0.05, 0.1) is 12.1 Å². The number of halogens is 2. The Morgan fingerprint density at radius 1 is 1.23 bits per heavy atom. The quantitative estimate of drug-likeness (QED) is 0.774. The zero-order chi connectivity index (χ0) is 18.8. The maximum atomic E-state index is 12.7. The molecule has 2 aromatic rings. The number of hydrogen-bond donors (Lipinski definition) is 1. The third-order valence-electron chi connectivity index (χ3n) is 4.89. The average molecular weight is 388 g/mol. The van der Waals surface area contributed by atoms with Crippen LogP contribution in [0.2, 0.25) is 10.0 Å². The summed E-state index contributed by atoms with van der Waals surface area (Å²) in [6.45, 7) is 3.95. The van der Waals surface area contributed by atoms with Crippen molar-refractivity contribution in [1.82, 2.24) is 10.2 Å². The number of likely N-dealkylation sites (tertiary alicyclic amines) is 1. The van der Waals surface area contributed by atoms with Crippen LogP contribution in [0.3, 0.4) is 0 Å². The second-order valence-electron chi connectivity index (χ2n) is 6.62. The Labute approximate surface area is 163 Å². The predicted octanol–water partition coefficient (Wildman–Crippen LogP) is 4.72. The Morgan fingerprint density at radius 3 is 2.69 bits per heavy atom. The van der Waals surface area contributed by atoms with E-state index >= 15 is 0 Å². The predicted molar refractivity (Wildman–Crippen MR) is 104 cm³/mol. The maximum absolute atomic E-state index is 12.7. The van der Waals surface area contributed by atoms with Gasteiger partial charge in [0.2, 0.25) is 0 Å². The molecule has 0 bridgehead atoms. The second kappa shape index (κ2) is 7.57. The molecule has 26 heavy (non-hydrogen) atoms. The number of carbonyl (C=O) groups is 1. The lowest BCUT2D eigenvalue weighted by molar-refractivity contribution is 0.0931. The molecule has 3 atom stereocenters. The zero-order valence-corrected chi connectivity index (χ0v) is 16.1. The number of rotatable bonds is 3. The van der Waals surface area contributed by atoms with Crippen molar-refractivity contribution in [3.05, 3.63) is 58.1 Å². The van der Waals surface area contributed by atoms with Gasteiger partial charge < -0.3 is 10.2 Å². The van der Waals surface area contributed by atoms with Gasteiger partial charge in [-0.1, -0.05) is 35.3 Å². The minimum absolute atomic E-state index is 0.0236. The van der Waals surface area contributed by atoms with E-state index in [9.17, 15) is 10.1 Å². The zero-order valence-electron chi connectivity index (χ0n) is 14.5. The molecule has 1 N–H and O–H groups in total. The van der Waals surface area contributed by atoms with E-state index in [2.05, 4.69) is 11.5 Å². The second-order valence-corrected chi connectivity index (χ2v) is 7.46. The van der Waals surface area contributed by atoms with Gasteiger partial charge in [0.1, 0.15) is 0 Å². The summed E-state index contributed by atoms with van der Waals surface area (Å²) < 4.78 is 0. The molecule has 0 aromatic heterocycles. The Morgan fingerprint density at radius 2 is 2.00 bits per heavy atom. The van der Waals surface area contributed by atoms with Crippen molar-refractivity contribution >= 4 is 29.1 Å². The van der Waals surface area contributed by atoms with Crippen LogP contribution in [-0.4, -0.2) is 28.9 Å². The molecule has 0 radical (unpaired) electrons. The fourth-order valence-corrected chi connectivity index (χ4v) is 3.84. The van der Waals surface area contributed by atoms with Crippen LogP contribution < -0.4 is 5.32 Å². The van der Waals surface area contributed by atoms with Crippen LogP contribution in [-0.2, 0) is 0 Å². The molecule has 1 heterocycles. The molecule has 1 aliphatic rings. The number of carbonyl (C=O) groups excluding carboxylic acids is 1. The van der Waals surface area contributed by atoms with Crippen LogP contribution in [0.25, 0.3) is 11.1 Å². The van der Waals surface area contributed by atoms with E-state index in [1.807, 2.05) is 26.0 Å². The summed E-state index contributed by atoms with van der Waals surface area (Å²) in [6.07, 6.45) is 2.95. The topological polar surface area (TPSA) is 56.1 Å². The van der Waals surface area contributed by atoms with Crippen LogP contribution in [0.1, 0.15) is 30.6 Å². The lowest BCUT2D eigenvalue weighted by atomic mass is 10.0. The van der Waals surface area contributed by atoms with Gasteiger partial charge in [-0.2, -0.15) is 5.26 Å². The number of nitrogens with one attached hydrogen (secondary N) is 1. The standard InChI is InChI=1S/C20H19Cl2N3O/c1-12-8-19(13(2)25(12)11-23)24-20(26)15-5-3-4-14(9-15)17-10-16(21)6-7-18(17)22/h3-7,9-10,12-13,19H,8H2,1-2H3,(H,24,26)/t12-,13+,19+/m0/s1. The number of amides is 1. The van der Waals surface area contributed by atoms with E-state index in [0.29, 0.717) is 15.6 Å². The summed E-state index contributed by atoms with van der Waals surface area (Å²) >= 11 is 12.3. The summed E-state index contributed by atoms with van der Waals surface area (Å²) in [5, 5.41) is 13.4. The normalized spacial score (nSPS) is 22.1. The molecular formula is C20H19Cl2N3O. The van der Waals surface area contributed by atoms with Gasteiger partial charge in [-0.25, -0.2) is 0 Å². The molecule has 0 aliphatic carbocycles. The molecule has 0 saturated carbocycles. The molecular weight excluding hydrogens is 369 g/mol. The molecule has 0 spiro atoms. The van der Waals surface area contributed by atoms with Crippen molar-refractivity contribution in [3.8, 4) is 17.3 Å². The van der Waals surface area contributed by atoms with Crippen molar-refractivity contribution in [1.29, 1.82) is 5.26 Å². The lowest BCUT2D eigenvalue weighted by Crippen LogP contribution is -2.42. The summed E-state index contributed by atoms with van der Waals surface area (Å²) in [7, 11) is 0. The Kier molecular flexibility index (Phi) is 5.41. The number of benzene rings is 2. The van der Waals surface area contributed by atoms with Crippen molar-refractivity contribution in [2.24, 2.45) is 0 Å². The Hall–Kier alpha value is -2.22. The first-order chi connectivity index (χ1) is 12.4. The molecule has 6 heteroatoms. The van der Waals surface area contributed by atoms with Crippen LogP contribution in [0.5, 0.6) is 0 Å². The fraction of sp³-hybridized carbons (Fsp3) is 0.300. The smallest absolute Gasteiger partial charge is 0.251 e. The lowest BCUT2D eigenvalue weighted by Gasteiger charge is -2.21. The highest BCUT2D eigenvalue weighted by atomic mass is 35.5. The van der Waals surface area contributed by atoms with Crippen molar-refractivity contribution in [3.63, 3.8) is 0 Å². The highest BCUT2D eigenvalue weighted by molar-refractivity contribution is 6.35. The maximum Gasteiger partial charge on any atom is 0.251 e. The first-order valence-corrected chi connectivity index (χ1v) is 9.20. The van der Waals surface area contributed by atoms with Crippen LogP contribution in [0.15, 0.2) is 42.5 Å². The van der Waals surface area contributed by atoms with E-state index in [1.54, 1.807) is 35.2 Å². The number of nitrogens with zero attached hydrogens (tertiary/aromatic N) is 2. The Balaban J connectivity index is 1.81. The summed E-state index contributed by atoms with van der Waals surface area (Å²) in [6, 6.07) is 12.6. The van der Waals surface area contributed by atoms with Crippen LogP contribution in [0.4, 0.5) is 0 Å². The number of hydrogen-bond acceptors (Lipinski definition) is 3. The first kappa shape index (κ1) is 18.6. The third-order valence-corrected chi connectivity index (χ3v) is 5.45. The minimum Gasteiger partial charge on any atom is -0.347 e. The highest BCUT2D eigenvalue weighted by Crippen LogP contribution is 2.31. The highest BCUT2D eigenvalue weighted by Gasteiger charge is 2.36. The largest absolute Gasteiger partial charge is 0.347 e. The van der Waals surface area contributed by atoms with E-state index in [0.717, 1.165) is 17.5 Å². The summed E-state index contributed by atoms with van der Waals surface area (Å²) in [5.41, 5.74) is 2.16. The minimum atomic E-state index is -0.158. The van der Waals surface area contributed by atoms with Gasteiger partial charge in [-0.15, -0.1) is 0 Å². The van der Waals surface area contributed by atoms with E-state index < -0.39 is 0 Å². The summed E-state index contributed by atoms with van der Waals surface area (Å²) in [5.74, 6) is -0.158. The van der Waals surface area contributed by atoms with Gasteiger partial charge in [0.25, 0.3) is 5.91 Å². The molecule has 2 aromatic carbocycles. The number of nitriles is 1. The van der Waals surface area contributed by atoms with Crippen molar-refractivity contribution in [2.45, 2.75) is 38.4 Å². The van der Waals surface area contributed by atoms with E-state index in [1.165, 1.54) is 0 Å². The molecule has 1 amide bonds. The van der Waals surface area contributed by atoms with Gasteiger partial charge >= 0.3 is 0 Å². The van der Waals surface area contributed by atoms with Crippen LogP contribution >= 0.6 is 23.2 Å². The first-order valence-electron chi connectivity index (χ1n) is 8.45. The van der Waals surface area contributed by atoms with Crippen molar-refractivity contribution in [2.75, 3.05) is 0 Å². The van der Waals surface area contributed by atoms with Gasteiger partial charge in [-0.05, 0) is 56.2 Å². The molecule has 4 nitrogen and oxygen atoms in total. The SMILES string of the molecule is C[C@@H]1[C@H](NC(=O)c2cccc(-c3cc(Cl)ccc3Cl)c2)C[C@H](C)N1C#N. The van der Waals surface area contributed by atoms with E-state index in [4.69, 9.17) is 23.2 Å². The average Bonchev–Trinajstić information content (AvgIpc) is 2.90. The molecule has 0 unspecified atom stereocenters. The van der Waals surface area contributed by atoms with Gasteiger partial charge in [0.15, 0.2) is 6.19 Å². The molecule has 1 saturated heterocycles. The summed E-state index contributed by atoms with van der Waals surface area (Å²) in [4.78, 5) is 14.4. The monoisotopic (exact) mass is 387 g/mol. The van der Waals surface area contributed by atoms with Crippen molar-refractivity contribution < 1.29 is 4.79 Å². The fourth-order valence-electron chi connectivity index (χ4n) is 3.44. The molecule has 134 valence electrons. The Bertz CT molecular complexity index is 878. The van der Waals surface area contributed by atoms with E-state index in [-0.39, 0.29) is 24.0 Å². The molecule has 3 rings (SSSR count). The van der Waals surface area contributed by atoms with Gasteiger partial charge in [0, 0.05) is 27.2 Å². The molecule has 1 fully saturated rings. The molecule has 1 aliphatic heterocycles. The van der Waals surface area contributed by atoms with Gasteiger partial charge in [-0.3, -0.25) is 4.79 Å². The third kappa shape index (κ3) is 3.65. The van der Waals surface area contributed by atoms with Crippen LogP contribution in [0, 0.1) is 11.5 Å².